The van der Waals surface area contributed by atoms with Gasteiger partial charge in [-0.3, -0.25) is 14.3 Å². The summed E-state index contributed by atoms with van der Waals surface area (Å²) >= 11 is 0. The average Bonchev–Trinajstić information content (AvgIpc) is 3.32. The Morgan fingerprint density at radius 3 is 2.65 bits per heavy atom. The average molecular weight is 420 g/mol. The Bertz CT molecular complexity index is 1330. The van der Waals surface area contributed by atoms with Crippen LogP contribution in [0.5, 0.6) is 0 Å². The lowest BCUT2D eigenvalue weighted by atomic mass is 10.2. The number of benzene rings is 2. The Morgan fingerprint density at radius 2 is 1.90 bits per heavy atom. The molecule has 0 fully saturated rings. The Hall–Kier alpha value is -4.14. The molecule has 0 saturated carbocycles. The fourth-order valence-electron chi connectivity index (χ4n) is 3.20. The number of fused-ring (bicyclic) bond motifs is 1. The van der Waals surface area contributed by atoms with E-state index in [2.05, 4.69) is 10.3 Å². The third kappa shape index (κ3) is 3.73. The molecule has 0 aliphatic heterocycles. The summed E-state index contributed by atoms with van der Waals surface area (Å²) in [5.41, 5.74) is 2.27. The number of nitrogens with zero attached hydrogens (tertiary/aromatic N) is 3. The van der Waals surface area contributed by atoms with Crippen molar-refractivity contribution in [1.29, 1.82) is 0 Å². The maximum absolute atomic E-state index is 12.9. The second-order valence-corrected chi connectivity index (χ2v) is 7.01. The second-order valence-electron chi connectivity index (χ2n) is 7.01. The van der Waals surface area contributed by atoms with Crippen LogP contribution in [-0.4, -0.2) is 32.3 Å². The number of hydrogen-bond donors (Lipinski definition) is 1. The molecule has 9 nitrogen and oxygen atoms in total. The minimum absolute atomic E-state index is 0.128. The highest BCUT2D eigenvalue weighted by Gasteiger charge is 2.24. The molecule has 0 aliphatic rings. The van der Waals surface area contributed by atoms with Gasteiger partial charge in [-0.15, -0.1) is 0 Å². The summed E-state index contributed by atoms with van der Waals surface area (Å²) in [5.74, 6) is -1.29. The zero-order valence-electron chi connectivity index (χ0n) is 17.2. The molecule has 0 saturated heterocycles. The first-order chi connectivity index (χ1) is 14.9. The molecule has 1 unspecified atom stereocenters. The third-order valence-corrected chi connectivity index (χ3v) is 5.02. The number of oxazole rings is 1. The molecule has 4 rings (SSSR count). The van der Waals surface area contributed by atoms with E-state index in [1.54, 1.807) is 36.9 Å². The van der Waals surface area contributed by atoms with Crippen molar-refractivity contribution in [3.8, 4) is 5.69 Å². The lowest BCUT2D eigenvalue weighted by Crippen LogP contribution is -2.32. The second kappa shape index (κ2) is 7.94. The Morgan fingerprint density at radius 1 is 1.16 bits per heavy atom. The van der Waals surface area contributed by atoms with Gasteiger partial charge >= 0.3 is 5.97 Å². The van der Waals surface area contributed by atoms with Gasteiger partial charge in [0.1, 0.15) is 11.2 Å². The number of anilines is 1. The molecule has 9 heteroatoms. The van der Waals surface area contributed by atoms with Gasteiger partial charge in [0.2, 0.25) is 0 Å². The molecule has 1 amide bonds. The third-order valence-electron chi connectivity index (χ3n) is 5.02. The predicted octanol–water partition coefficient (Wildman–Crippen LogP) is 2.81. The molecule has 2 aromatic heterocycles. The molecule has 0 bridgehead atoms. The van der Waals surface area contributed by atoms with E-state index in [-0.39, 0.29) is 16.8 Å². The number of amides is 1. The highest BCUT2D eigenvalue weighted by molar-refractivity contribution is 5.98. The molecular formula is C22H20N4O5. The summed E-state index contributed by atoms with van der Waals surface area (Å²) in [5, 5.41) is 2.59. The van der Waals surface area contributed by atoms with Gasteiger partial charge in [0, 0.05) is 7.05 Å². The van der Waals surface area contributed by atoms with Crippen molar-refractivity contribution in [3.63, 3.8) is 0 Å². The molecule has 0 spiro atoms. The van der Waals surface area contributed by atoms with Crippen molar-refractivity contribution in [2.45, 2.75) is 20.0 Å². The predicted molar refractivity (Wildman–Crippen MR) is 113 cm³/mol. The van der Waals surface area contributed by atoms with Gasteiger partial charge in [0.25, 0.3) is 11.5 Å². The zero-order chi connectivity index (χ0) is 22.1. The normalized spacial score (nSPS) is 12.0. The minimum atomic E-state index is -1.12. The fraction of sp³-hybridized carbons (Fsp3) is 0.182. The van der Waals surface area contributed by atoms with Crippen molar-refractivity contribution in [3.05, 3.63) is 76.5 Å². The van der Waals surface area contributed by atoms with Crippen LogP contribution in [0.15, 0.2) is 64.1 Å². The van der Waals surface area contributed by atoms with Gasteiger partial charge in [-0.05, 0) is 44.2 Å². The molecular weight excluding hydrogens is 400 g/mol. The smallest absolute Gasteiger partial charge is 0.338 e. The SMILES string of the molecule is Cc1c(NC(=O)C(C)OC(=O)c2ccc3ocnc3c2)c(=O)n(-c2ccccc2)n1C. The molecule has 4 aromatic rings. The quantitative estimate of drug-likeness (QED) is 0.498. The number of rotatable bonds is 5. The zero-order valence-corrected chi connectivity index (χ0v) is 17.2. The van der Waals surface area contributed by atoms with Gasteiger partial charge in [-0.1, -0.05) is 18.2 Å². The highest BCUT2D eigenvalue weighted by atomic mass is 16.5. The number of aromatic nitrogens is 3. The summed E-state index contributed by atoms with van der Waals surface area (Å²) < 4.78 is 13.5. The molecule has 1 N–H and O–H groups in total. The van der Waals surface area contributed by atoms with Gasteiger partial charge in [-0.25, -0.2) is 14.5 Å². The van der Waals surface area contributed by atoms with E-state index in [0.29, 0.717) is 22.5 Å². The van der Waals surface area contributed by atoms with E-state index in [4.69, 9.17) is 9.15 Å². The number of esters is 1. The van der Waals surface area contributed by atoms with Gasteiger partial charge in [0.15, 0.2) is 18.1 Å². The van der Waals surface area contributed by atoms with E-state index >= 15 is 0 Å². The number of carbonyl (C=O) groups is 2. The lowest BCUT2D eigenvalue weighted by molar-refractivity contribution is -0.123. The van der Waals surface area contributed by atoms with Gasteiger partial charge in [0.05, 0.1) is 16.9 Å². The van der Waals surface area contributed by atoms with Crippen molar-refractivity contribution in [2.75, 3.05) is 5.32 Å². The summed E-state index contributed by atoms with van der Waals surface area (Å²) in [6.45, 7) is 3.16. The maximum atomic E-state index is 12.9. The summed E-state index contributed by atoms with van der Waals surface area (Å²) in [6.07, 6.45) is 0.157. The van der Waals surface area contributed by atoms with Crippen LogP contribution in [0.3, 0.4) is 0 Å². The van der Waals surface area contributed by atoms with Crippen molar-refractivity contribution >= 4 is 28.7 Å². The van der Waals surface area contributed by atoms with Crippen LogP contribution in [0.4, 0.5) is 5.69 Å². The van der Waals surface area contributed by atoms with Crippen LogP contribution in [0.25, 0.3) is 16.8 Å². The fourth-order valence-corrected chi connectivity index (χ4v) is 3.20. The molecule has 2 heterocycles. The Kier molecular flexibility index (Phi) is 5.16. The number of carbonyl (C=O) groups excluding carboxylic acids is 2. The number of ether oxygens (including phenoxy) is 1. The van der Waals surface area contributed by atoms with E-state index in [1.807, 2.05) is 18.2 Å². The first-order valence-electron chi connectivity index (χ1n) is 9.56. The van der Waals surface area contributed by atoms with E-state index in [9.17, 15) is 14.4 Å². The summed E-state index contributed by atoms with van der Waals surface area (Å²) in [6, 6.07) is 13.7. The molecule has 31 heavy (non-hydrogen) atoms. The standard InChI is InChI=1S/C22H20N4O5/c1-13-19(21(28)26(25(13)3)16-7-5-4-6-8-16)24-20(27)14(2)31-22(29)15-9-10-18-17(11-15)23-12-30-18/h4-12,14H,1-3H3,(H,24,27). The van der Waals surface area contributed by atoms with Crippen LogP contribution in [0.2, 0.25) is 0 Å². The largest absolute Gasteiger partial charge is 0.449 e. The van der Waals surface area contributed by atoms with Crippen molar-refractivity contribution < 1.29 is 18.7 Å². The molecule has 158 valence electrons. The topological polar surface area (TPSA) is 108 Å². The maximum Gasteiger partial charge on any atom is 0.338 e. The Labute approximate surface area is 176 Å². The summed E-state index contributed by atoms with van der Waals surface area (Å²) in [4.78, 5) is 42.0. The Balaban J connectivity index is 1.51. The van der Waals surface area contributed by atoms with Crippen LogP contribution in [0, 0.1) is 6.92 Å². The molecule has 1 atom stereocenters. The lowest BCUT2D eigenvalue weighted by Gasteiger charge is -2.13. The van der Waals surface area contributed by atoms with Crippen molar-refractivity contribution in [2.24, 2.45) is 7.05 Å². The van der Waals surface area contributed by atoms with E-state index in [0.717, 1.165) is 0 Å². The minimum Gasteiger partial charge on any atom is -0.449 e. The molecule has 0 aliphatic carbocycles. The van der Waals surface area contributed by atoms with E-state index in [1.165, 1.54) is 30.1 Å². The number of nitrogens with one attached hydrogen (secondary N) is 1. The van der Waals surface area contributed by atoms with Crippen LogP contribution < -0.4 is 10.9 Å². The number of hydrogen-bond acceptors (Lipinski definition) is 6. The van der Waals surface area contributed by atoms with Gasteiger partial charge < -0.3 is 14.5 Å². The monoisotopic (exact) mass is 420 g/mol. The first kappa shape index (κ1) is 20.1. The molecule has 0 radical (unpaired) electrons. The molecule has 2 aromatic carbocycles. The van der Waals surface area contributed by atoms with Crippen LogP contribution in [0.1, 0.15) is 23.0 Å². The summed E-state index contributed by atoms with van der Waals surface area (Å²) in [7, 11) is 1.73. The highest BCUT2D eigenvalue weighted by Crippen LogP contribution is 2.17. The van der Waals surface area contributed by atoms with Crippen LogP contribution >= 0.6 is 0 Å². The number of para-hydroxylation sites is 1. The van der Waals surface area contributed by atoms with Gasteiger partial charge in [-0.2, -0.15) is 0 Å². The van der Waals surface area contributed by atoms with Crippen molar-refractivity contribution in [1.82, 2.24) is 14.3 Å². The first-order valence-corrected chi connectivity index (χ1v) is 9.56. The van der Waals surface area contributed by atoms with Crippen LogP contribution in [-0.2, 0) is 16.6 Å². The van der Waals surface area contributed by atoms with E-state index < -0.39 is 18.0 Å².